The van der Waals surface area contributed by atoms with Crippen LogP contribution in [0.4, 0.5) is 13.2 Å². The first kappa shape index (κ1) is 18.6. The summed E-state index contributed by atoms with van der Waals surface area (Å²) in [6, 6.07) is 0. The minimum atomic E-state index is -5.58. The van der Waals surface area contributed by atoms with Gasteiger partial charge in [-0.05, 0) is 37.3 Å². The van der Waals surface area contributed by atoms with E-state index in [1.165, 1.54) is 6.08 Å². The first-order valence-electron chi connectivity index (χ1n) is 7.13. The molecule has 1 unspecified atom stereocenters. The van der Waals surface area contributed by atoms with Gasteiger partial charge >= 0.3 is 15.6 Å². The number of allylic oxidation sites excluding steroid dienone is 4. The highest BCUT2D eigenvalue weighted by Crippen LogP contribution is 2.31. The van der Waals surface area contributed by atoms with Crippen molar-refractivity contribution in [1.29, 1.82) is 0 Å². The van der Waals surface area contributed by atoms with E-state index in [-0.39, 0.29) is 18.1 Å². The van der Waals surface area contributed by atoms with Crippen molar-refractivity contribution in [2.75, 3.05) is 0 Å². The summed E-state index contributed by atoms with van der Waals surface area (Å²) in [7, 11) is -5.58. The molecule has 1 atom stereocenters. The van der Waals surface area contributed by atoms with Crippen LogP contribution in [0, 0.1) is 17.8 Å². The maximum Gasteiger partial charge on any atom is 0.534 e. The molecule has 7 heteroatoms. The fourth-order valence-corrected chi connectivity index (χ4v) is 2.41. The molecule has 124 valence electrons. The van der Waals surface area contributed by atoms with Gasteiger partial charge in [-0.25, -0.2) is 0 Å². The van der Waals surface area contributed by atoms with Crippen LogP contribution < -0.4 is 0 Å². The van der Waals surface area contributed by atoms with Gasteiger partial charge in [0, 0.05) is 12.8 Å². The summed E-state index contributed by atoms with van der Waals surface area (Å²) in [4.78, 5) is 0. The molecule has 0 aromatic carbocycles. The summed E-state index contributed by atoms with van der Waals surface area (Å²) in [5, 5.41) is 0. The van der Waals surface area contributed by atoms with Crippen LogP contribution in [-0.2, 0) is 14.3 Å². The van der Waals surface area contributed by atoms with Crippen molar-refractivity contribution >= 4 is 10.1 Å². The van der Waals surface area contributed by atoms with Crippen LogP contribution >= 0.6 is 0 Å². The molecule has 0 fully saturated rings. The molecule has 3 nitrogen and oxygen atoms in total. The van der Waals surface area contributed by atoms with Crippen LogP contribution in [-0.4, -0.2) is 13.9 Å². The summed E-state index contributed by atoms with van der Waals surface area (Å²) >= 11 is 0. The van der Waals surface area contributed by atoms with E-state index in [1.54, 1.807) is 12.2 Å². The van der Waals surface area contributed by atoms with Crippen molar-refractivity contribution in [3.05, 3.63) is 24.0 Å². The number of hydrogen-bond donors (Lipinski definition) is 0. The Morgan fingerprint density at radius 1 is 1.45 bits per heavy atom. The lowest BCUT2D eigenvalue weighted by Crippen LogP contribution is -2.26. The molecule has 0 N–H and O–H groups in total. The molecular weight excluding hydrogens is 317 g/mol. The molecule has 1 rings (SSSR count). The van der Waals surface area contributed by atoms with E-state index < -0.39 is 15.6 Å². The fraction of sp³-hybridized carbons (Fsp3) is 0.600. The molecule has 0 aromatic heterocycles. The fourth-order valence-electron chi connectivity index (χ4n) is 1.89. The molecular formula is C15H19F3O3S. The lowest BCUT2D eigenvalue weighted by atomic mass is 9.94. The quantitative estimate of drug-likeness (QED) is 0.326. The maximum absolute atomic E-state index is 12.3. The van der Waals surface area contributed by atoms with Crippen LogP contribution in [0.3, 0.4) is 0 Å². The highest BCUT2D eigenvalue weighted by atomic mass is 32.2. The number of halogens is 3. The lowest BCUT2D eigenvalue weighted by molar-refractivity contribution is -0.0524. The highest BCUT2D eigenvalue weighted by molar-refractivity contribution is 7.87. The summed E-state index contributed by atoms with van der Waals surface area (Å²) in [5.41, 5.74) is -5.40. The van der Waals surface area contributed by atoms with E-state index in [9.17, 15) is 21.6 Å². The molecule has 0 saturated heterocycles. The van der Waals surface area contributed by atoms with Gasteiger partial charge < -0.3 is 4.18 Å². The van der Waals surface area contributed by atoms with Crippen molar-refractivity contribution in [3.8, 4) is 11.8 Å². The van der Waals surface area contributed by atoms with Gasteiger partial charge in [-0.3, -0.25) is 0 Å². The molecule has 22 heavy (non-hydrogen) atoms. The second-order valence-electron chi connectivity index (χ2n) is 4.96. The van der Waals surface area contributed by atoms with E-state index in [4.69, 9.17) is 0 Å². The topological polar surface area (TPSA) is 43.4 Å². The molecule has 0 saturated carbocycles. The third kappa shape index (κ3) is 6.14. The van der Waals surface area contributed by atoms with E-state index in [2.05, 4.69) is 22.9 Å². The molecule has 1 aliphatic carbocycles. The van der Waals surface area contributed by atoms with Crippen molar-refractivity contribution in [3.63, 3.8) is 0 Å². The van der Waals surface area contributed by atoms with Gasteiger partial charge in [0.25, 0.3) is 0 Å². The van der Waals surface area contributed by atoms with E-state index in [1.807, 2.05) is 0 Å². The van der Waals surface area contributed by atoms with E-state index in [0.29, 0.717) is 6.42 Å². The summed E-state index contributed by atoms with van der Waals surface area (Å²) in [6.07, 6.45) is 9.19. The number of unbranched alkanes of at least 4 members (excludes halogenated alkanes) is 2. The zero-order chi connectivity index (χ0) is 16.6. The normalized spacial score (nSPS) is 19.5. The van der Waals surface area contributed by atoms with Crippen molar-refractivity contribution in [1.82, 2.24) is 0 Å². The van der Waals surface area contributed by atoms with Gasteiger partial charge in [-0.1, -0.05) is 31.3 Å². The van der Waals surface area contributed by atoms with Gasteiger partial charge in [-0.15, -0.1) is 0 Å². The zero-order valence-corrected chi connectivity index (χ0v) is 13.1. The third-order valence-electron chi connectivity index (χ3n) is 3.04. The predicted octanol–water partition coefficient (Wildman–Crippen LogP) is 4.29. The molecule has 0 spiro atoms. The Bertz CT molecular complexity index is 577. The third-order valence-corrected chi connectivity index (χ3v) is 4.05. The number of rotatable bonds is 5. The second kappa shape index (κ2) is 8.28. The molecule has 0 amide bonds. The molecule has 0 radical (unpaired) electrons. The van der Waals surface area contributed by atoms with Gasteiger partial charge in [0.05, 0.1) is 0 Å². The zero-order valence-electron chi connectivity index (χ0n) is 12.3. The Kier molecular flexibility index (Phi) is 7.01. The van der Waals surface area contributed by atoms with Crippen molar-refractivity contribution in [2.45, 2.75) is 51.0 Å². The van der Waals surface area contributed by atoms with Crippen LogP contribution in [0.15, 0.2) is 24.0 Å². The molecule has 0 aliphatic heterocycles. The second-order valence-corrected chi connectivity index (χ2v) is 6.49. The standard InChI is InChI=1S/C15H19F3O3S/c1-2-3-4-5-6-7-9-13-10-8-11-14(12-13)21-22(19,20)15(16,17)18/h7,9,12-13H,2-4,8,10-11H2,1H3/b9-7-. The smallest absolute Gasteiger partial charge is 0.381 e. The molecule has 0 aromatic rings. The van der Waals surface area contributed by atoms with Crippen LogP contribution in [0.1, 0.15) is 45.4 Å². The lowest BCUT2D eigenvalue weighted by Gasteiger charge is -2.19. The monoisotopic (exact) mass is 336 g/mol. The molecule has 0 bridgehead atoms. The Balaban J connectivity index is 2.65. The predicted molar refractivity (Wildman–Crippen MR) is 77.9 cm³/mol. The number of alkyl halides is 3. The summed E-state index contributed by atoms with van der Waals surface area (Å²) < 4.78 is 62.9. The average Bonchev–Trinajstić information content (AvgIpc) is 2.41. The number of hydrogen-bond acceptors (Lipinski definition) is 3. The Morgan fingerprint density at radius 2 is 2.18 bits per heavy atom. The minimum absolute atomic E-state index is 0.155. The van der Waals surface area contributed by atoms with Gasteiger partial charge in [-0.2, -0.15) is 21.6 Å². The van der Waals surface area contributed by atoms with Gasteiger partial charge in [0.15, 0.2) is 0 Å². The highest BCUT2D eigenvalue weighted by Gasteiger charge is 2.48. The Labute approximate surface area is 129 Å². The van der Waals surface area contributed by atoms with Crippen LogP contribution in [0.5, 0.6) is 0 Å². The van der Waals surface area contributed by atoms with Gasteiger partial charge in [0.2, 0.25) is 0 Å². The Hall–Kier alpha value is -1.42. The van der Waals surface area contributed by atoms with Crippen LogP contribution in [0.25, 0.3) is 0 Å². The summed E-state index contributed by atoms with van der Waals surface area (Å²) in [6.45, 7) is 2.07. The van der Waals surface area contributed by atoms with E-state index >= 15 is 0 Å². The van der Waals surface area contributed by atoms with Crippen molar-refractivity contribution in [2.24, 2.45) is 5.92 Å². The van der Waals surface area contributed by atoms with Gasteiger partial charge in [0.1, 0.15) is 5.76 Å². The van der Waals surface area contributed by atoms with E-state index in [0.717, 1.165) is 25.7 Å². The SMILES string of the molecule is CCCCC#C/C=C\C1C=C(OS(=O)(=O)C(F)(F)F)CCC1. The van der Waals surface area contributed by atoms with Crippen LogP contribution in [0.2, 0.25) is 0 Å². The first-order valence-corrected chi connectivity index (χ1v) is 8.53. The maximum atomic E-state index is 12.3. The average molecular weight is 336 g/mol. The molecule has 1 aliphatic rings. The largest absolute Gasteiger partial charge is 0.534 e. The minimum Gasteiger partial charge on any atom is -0.381 e. The van der Waals surface area contributed by atoms with Crippen molar-refractivity contribution < 1.29 is 25.8 Å². The summed E-state index contributed by atoms with van der Waals surface area (Å²) in [5.74, 6) is 5.50. The Morgan fingerprint density at radius 3 is 2.82 bits per heavy atom. The molecule has 0 heterocycles. The first-order chi connectivity index (χ1) is 10.3.